The van der Waals surface area contributed by atoms with Crippen LogP contribution in [0.15, 0.2) is 36.4 Å². The van der Waals surface area contributed by atoms with Gasteiger partial charge in [0.1, 0.15) is 11.5 Å². The molecule has 8 heteroatoms. The van der Waals surface area contributed by atoms with Crippen molar-refractivity contribution in [3.63, 3.8) is 0 Å². The smallest absolute Gasteiger partial charge is 0.224 e. The van der Waals surface area contributed by atoms with E-state index in [0.29, 0.717) is 32.9 Å². The molecule has 0 aliphatic heterocycles. The van der Waals surface area contributed by atoms with E-state index in [9.17, 15) is 9.59 Å². The van der Waals surface area contributed by atoms with Crippen LogP contribution in [0.3, 0.4) is 0 Å². The molecule has 2 rings (SSSR count). The molecule has 2 aromatic rings. The summed E-state index contributed by atoms with van der Waals surface area (Å²) in [4.78, 5) is 24.2. The molecule has 0 aromatic heterocycles. The van der Waals surface area contributed by atoms with Gasteiger partial charge in [-0.05, 0) is 36.4 Å². The standard InChI is InChI=1S/C18H18Cl2N2O4/c1-25-15-5-3-11(19)9-13(15)21-17(23)7-8-18(24)22-14-10-12(20)4-6-16(14)26-2/h3-6,9-10H,7-8H2,1-2H3,(H,21,23)(H,22,24). The number of ether oxygens (including phenoxy) is 2. The van der Waals surface area contributed by atoms with Crippen LogP contribution in [0.25, 0.3) is 0 Å². The first-order chi connectivity index (χ1) is 12.4. The van der Waals surface area contributed by atoms with Gasteiger partial charge < -0.3 is 20.1 Å². The van der Waals surface area contributed by atoms with Crippen molar-refractivity contribution in [3.05, 3.63) is 46.4 Å². The number of anilines is 2. The van der Waals surface area contributed by atoms with Gasteiger partial charge in [0.2, 0.25) is 11.8 Å². The largest absolute Gasteiger partial charge is 0.495 e. The predicted molar refractivity (Wildman–Crippen MR) is 103 cm³/mol. The maximum absolute atomic E-state index is 12.1. The highest BCUT2D eigenvalue weighted by atomic mass is 35.5. The maximum Gasteiger partial charge on any atom is 0.224 e. The summed E-state index contributed by atoms with van der Waals surface area (Å²) in [6.45, 7) is 0. The normalized spacial score (nSPS) is 10.2. The van der Waals surface area contributed by atoms with Crippen LogP contribution in [0.4, 0.5) is 11.4 Å². The molecular weight excluding hydrogens is 379 g/mol. The van der Waals surface area contributed by atoms with Crippen molar-refractivity contribution >= 4 is 46.4 Å². The van der Waals surface area contributed by atoms with Gasteiger partial charge >= 0.3 is 0 Å². The van der Waals surface area contributed by atoms with Crippen LogP contribution >= 0.6 is 23.2 Å². The minimum atomic E-state index is -0.334. The Labute approximate surface area is 161 Å². The summed E-state index contributed by atoms with van der Waals surface area (Å²) in [7, 11) is 2.98. The van der Waals surface area contributed by atoms with Crippen molar-refractivity contribution < 1.29 is 19.1 Å². The lowest BCUT2D eigenvalue weighted by molar-refractivity contribution is -0.121. The van der Waals surface area contributed by atoms with E-state index in [-0.39, 0.29) is 24.7 Å². The summed E-state index contributed by atoms with van der Waals surface area (Å²) < 4.78 is 10.3. The van der Waals surface area contributed by atoms with Crippen LogP contribution in [0.1, 0.15) is 12.8 Å². The van der Waals surface area contributed by atoms with Crippen LogP contribution in [0.2, 0.25) is 10.0 Å². The molecule has 0 aliphatic carbocycles. The molecule has 0 unspecified atom stereocenters. The number of benzene rings is 2. The van der Waals surface area contributed by atoms with E-state index >= 15 is 0 Å². The van der Waals surface area contributed by atoms with E-state index in [4.69, 9.17) is 32.7 Å². The molecule has 0 atom stereocenters. The molecule has 0 saturated carbocycles. The van der Waals surface area contributed by atoms with Gasteiger partial charge in [-0.3, -0.25) is 9.59 Å². The highest BCUT2D eigenvalue weighted by molar-refractivity contribution is 6.31. The molecule has 2 amide bonds. The van der Waals surface area contributed by atoms with Crippen molar-refractivity contribution in [1.82, 2.24) is 0 Å². The van der Waals surface area contributed by atoms with Crippen LogP contribution in [0.5, 0.6) is 11.5 Å². The number of hydrogen-bond acceptors (Lipinski definition) is 4. The van der Waals surface area contributed by atoms with Gasteiger partial charge in [-0.15, -0.1) is 0 Å². The topological polar surface area (TPSA) is 76.7 Å². The molecule has 0 spiro atoms. The summed E-state index contributed by atoms with van der Waals surface area (Å²) in [6, 6.07) is 9.76. The van der Waals surface area contributed by atoms with E-state index in [1.165, 1.54) is 14.2 Å². The Morgan fingerprint density at radius 3 is 1.54 bits per heavy atom. The fourth-order valence-corrected chi connectivity index (χ4v) is 2.55. The van der Waals surface area contributed by atoms with Crippen LogP contribution in [0, 0.1) is 0 Å². The summed E-state index contributed by atoms with van der Waals surface area (Å²) in [5.41, 5.74) is 0.892. The van der Waals surface area contributed by atoms with Crippen LogP contribution < -0.4 is 20.1 Å². The number of rotatable bonds is 7. The lowest BCUT2D eigenvalue weighted by atomic mass is 10.2. The maximum atomic E-state index is 12.1. The molecule has 0 radical (unpaired) electrons. The third kappa shape index (κ3) is 5.54. The summed E-state index contributed by atoms with van der Waals surface area (Å²) in [5.74, 6) is 0.296. The van der Waals surface area contributed by atoms with Gasteiger partial charge in [-0.25, -0.2) is 0 Å². The third-order valence-corrected chi connectivity index (χ3v) is 3.92. The predicted octanol–water partition coefficient (Wildman–Crippen LogP) is 4.37. The summed E-state index contributed by atoms with van der Waals surface area (Å²) in [5, 5.41) is 6.29. The second-order valence-corrected chi connectivity index (χ2v) is 6.16. The first kappa shape index (κ1) is 19.9. The van der Waals surface area contributed by atoms with E-state index < -0.39 is 0 Å². The molecule has 0 fully saturated rings. The molecule has 0 aliphatic rings. The molecule has 26 heavy (non-hydrogen) atoms. The molecule has 2 aromatic carbocycles. The fourth-order valence-electron chi connectivity index (χ4n) is 2.21. The number of carbonyl (C=O) groups excluding carboxylic acids is 2. The lowest BCUT2D eigenvalue weighted by Crippen LogP contribution is -2.18. The zero-order valence-corrected chi connectivity index (χ0v) is 15.8. The second kappa shape index (κ2) is 9.31. The van der Waals surface area contributed by atoms with Crippen LogP contribution in [-0.4, -0.2) is 26.0 Å². The quantitative estimate of drug-likeness (QED) is 0.728. The second-order valence-electron chi connectivity index (χ2n) is 5.29. The van der Waals surface area contributed by atoms with Gasteiger partial charge in [-0.1, -0.05) is 23.2 Å². The molecule has 0 heterocycles. The van der Waals surface area contributed by atoms with E-state index in [1.807, 2.05) is 0 Å². The van der Waals surface area contributed by atoms with Crippen molar-refractivity contribution in [2.75, 3.05) is 24.9 Å². The summed E-state index contributed by atoms with van der Waals surface area (Å²) >= 11 is 11.8. The Bertz CT molecular complexity index is 744. The van der Waals surface area contributed by atoms with Crippen molar-refractivity contribution in [3.8, 4) is 11.5 Å². The van der Waals surface area contributed by atoms with Crippen molar-refractivity contribution in [2.24, 2.45) is 0 Å². The van der Waals surface area contributed by atoms with Gasteiger partial charge in [0.15, 0.2) is 0 Å². The Hall–Kier alpha value is -2.44. The number of hydrogen-bond donors (Lipinski definition) is 2. The SMILES string of the molecule is COc1ccc(Cl)cc1NC(=O)CCC(=O)Nc1cc(Cl)ccc1OC. The number of nitrogens with one attached hydrogen (secondary N) is 2. The highest BCUT2D eigenvalue weighted by Crippen LogP contribution is 2.29. The lowest BCUT2D eigenvalue weighted by Gasteiger charge is -2.12. The zero-order valence-electron chi connectivity index (χ0n) is 14.3. The zero-order chi connectivity index (χ0) is 19.1. The van der Waals surface area contributed by atoms with E-state index in [1.54, 1.807) is 36.4 Å². The third-order valence-electron chi connectivity index (χ3n) is 3.45. The minimum Gasteiger partial charge on any atom is -0.495 e. The van der Waals surface area contributed by atoms with Crippen LogP contribution in [-0.2, 0) is 9.59 Å². The Morgan fingerprint density at radius 1 is 0.808 bits per heavy atom. The van der Waals surface area contributed by atoms with Gasteiger partial charge in [-0.2, -0.15) is 0 Å². The monoisotopic (exact) mass is 396 g/mol. The number of carbonyl (C=O) groups is 2. The molecular formula is C18H18Cl2N2O4. The molecule has 6 nitrogen and oxygen atoms in total. The minimum absolute atomic E-state index is 0.00954. The number of halogens is 2. The number of amides is 2. The average molecular weight is 397 g/mol. The summed E-state index contributed by atoms with van der Waals surface area (Å²) in [6.07, 6.45) is -0.0191. The van der Waals surface area contributed by atoms with Gasteiger partial charge in [0.25, 0.3) is 0 Å². The van der Waals surface area contributed by atoms with Gasteiger partial charge in [0.05, 0.1) is 25.6 Å². The Kier molecular flexibility index (Phi) is 7.12. The van der Waals surface area contributed by atoms with Crippen molar-refractivity contribution in [2.45, 2.75) is 12.8 Å². The van der Waals surface area contributed by atoms with Gasteiger partial charge in [0, 0.05) is 22.9 Å². The Balaban J connectivity index is 1.92. The first-order valence-electron chi connectivity index (χ1n) is 7.69. The fraction of sp³-hybridized carbons (Fsp3) is 0.222. The Morgan fingerprint density at radius 2 is 1.19 bits per heavy atom. The van der Waals surface area contributed by atoms with E-state index in [0.717, 1.165) is 0 Å². The number of methoxy groups -OCH3 is 2. The van der Waals surface area contributed by atoms with Crippen molar-refractivity contribution in [1.29, 1.82) is 0 Å². The highest BCUT2D eigenvalue weighted by Gasteiger charge is 2.12. The van der Waals surface area contributed by atoms with E-state index in [2.05, 4.69) is 10.6 Å². The molecule has 2 N–H and O–H groups in total. The molecule has 0 bridgehead atoms. The average Bonchev–Trinajstić information content (AvgIpc) is 2.60. The molecule has 0 saturated heterocycles. The molecule has 138 valence electrons. The first-order valence-corrected chi connectivity index (χ1v) is 8.45.